The number of benzene rings is 2. The number of nitrogens with zero attached hydrogens (tertiary/aromatic N) is 1. The summed E-state index contributed by atoms with van der Waals surface area (Å²) in [6.45, 7) is 4.52. The highest BCUT2D eigenvalue weighted by molar-refractivity contribution is 5.87. The maximum atomic E-state index is 12.4. The maximum Gasteiger partial charge on any atom is 0.413 e. The lowest BCUT2D eigenvalue weighted by Gasteiger charge is -2.33. The van der Waals surface area contributed by atoms with Crippen molar-refractivity contribution in [2.75, 3.05) is 13.3 Å². The molecule has 2 aromatic rings. The van der Waals surface area contributed by atoms with Crippen molar-refractivity contribution < 1.29 is 28.6 Å². The lowest BCUT2D eigenvalue weighted by molar-refractivity contribution is -0.150. The summed E-state index contributed by atoms with van der Waals surface area (Å²) in [5.41, 5.74) is 0.973. The normalized spacial score (nSPS) is 11.1. The van der Waals surface area contributed by atoms with Gasteiger partial charge in [-0.2, -0.15) is 0 Å². The Morgan fingerprint density at radius 3 is 2.10 bits per heavy atom. The maximum absolute atomic E-state index is 12.4. The Balaban J connectivity index is 1.81. The molecule has 0 aromatic heterocycles. The Kier molecular flexibility index (Phi) is 8.81. The van der Waals surface area contributed by atoms with Gasteiger partial charge in [-0.1, -0.05) is 60.7 Å². The van der Waals surface area contributed by atoms with E-state index in [1.165, 1.54) is 11.0 Å². The fourth-order valence-electron chi connectivity index (χ4n) is 2.48. The molecule has 1 amide bonds. The van der Waals surface area contributed by atoms with Crippen LogP contribution < -0.4 is 0 Å². The van der Waals surface area contributed by atoms with E-state index in [1.807, 2.05) is 60.7 Å². The van der Waals surface area contributed by atoms with Crippen LogP contribution in [0.2, 0.25) is 0 Å². The van der Waals surface area contributed by atoms with Crippen molar-refractivity contribution in [1.82, 2.24) is 4.90 Å². The van der Waals surface area contributed by atoms with Crippen molar-refractivity contribution in [3.05, 3.63) is 77.9 Å². The second-order valence-corrected chi connectivity index (χ2v) is 7.64. The van der Waals surface area contributed by atoms with E-state index < -0.39 is 30.4 Å². The predicted molar refractivity (Wildman–Crippen MR) is 116 cm³/mol. The van der Waals surface area contributed by atoms with Crippen molar-refractivity contribution in [2.24, 2.45) is 0 Å². The molecule has 0 spiro atoms. The molecule has 0 saturated carbocycles. The van der Waals surface area contributed by atoms with Gasteiger partial charge in [-0.15, -0.1) is 0 Å². The number of carbonyl (C=O) groups excluding carboxylic acids is 3. The Hall–Kier alpha value is -3.61. The van der Waals surface area contributed by atoms with Gasteiger partial charge in [0.05, 0.1) is 0 Å². The highest BCUT2D eigenvalue weighted by Crippen LogP contribution is 2.15. The second-order valence-electron chi connectivity index (χ2n) is 7.64. The summed E-state index contributed by atoms with van der Waals surface area (Å²) >= 11 is 0. The molecule has 2 aromatic carbocycles. The van der Waals surface area contributed by atoms with E-state index in [9.17, 15) is 14.4 Å². The summed E-state index contributed by atoms with van der Waals surface area (Å²) in [7, 11) is 0. The van der Waals surface area contributed by atoms with Gasteiger partial charge in [-0.3, -0.25) is 9.69 Å². The van der Waals surface area contributed by atoms with E-state index in [0.717, 1.165) is 11.1 Å². The summed E-state index contributed by atoms with van der Waals surface area (Å²) in [4.78, 5) is 37.7. The number of hydrogen-bond donors (Lipinski definition) is 0. The van der Waals surface area contributed by atoms with Crippen LogP contribution in [0.5, 0.6) is 0 Å². The van der Waals surface area contributed by atoms with E-state index in [0.29, 0.717) is 0 Å². The first-order valence-electron chi connectivity index (χ1n) is 9.79. The summed E-state index contributed by atoms with van der Waals surface area (Å²) in [5.74, 6) is -1.22. The van der Waals surface area contributed by atoms with Gasteiger partial charge in [0.25, 0.3) is 0 Å². The van der Waals surface area contributed by atoms with Crippen LogP contribution in [0.25, 0.3) is 6.08 Å². The van der Waals surface area contributed by atoms with Gasteiger partial charge < -0.3 is 14.2 Å². The monoisotopic (exact) mass is 425 g/mol. The van der Waals surface area contributed by atoms with Crippen LogP contribution in [-0.2, 0) is 30.4 Å². The van der Waals surface area contributed by atoms with Crippen molar-refractivity contribution in [3.63, 3.8) is 0 Å². The Labute approximate surface area is 182 Å². The zero-order chi connectivity index (χ0) is 22.7. The Morgan fingerprint density at radius 1 is 0.871 bits per heavy atom. The lowest BCUT2D eigenvalue weighted by atomic mass is 10.1. The zero-order valence-corrected chi connectivity index (χ0v) is 17.9. The molecular weight excluding hydrogens is 398 g/mol. The fourth-order valence-corrected chi connectivity index (χ4v) is 2.48. The topological polar surface area (TPSA) is 82.1 Å². The molecule has 164 valence electrons. The molecule has 0 atom stereocenters. The predicted octanol–water partition coefficient (Wildman–Crippen LogP) is 4.18. The smallest absolute Gasteiger partial charge is 0.413 e. The number of amides is 1. The zero-order valence-electron chi connectivity index (χ0n) is 17.9. The molecule has 7 nitrogen and oxygen atoms in total. The molecule has 2 rings (SSSR count). The molecule has 0 radical (unpaired) electrons. The van der Waals surface area contributed by atoms with Gasteiger partial charge >= 0.3 is 18.0 Å². The van der Waals surface area contributed by atoms with E-state index in [4.69, 9.17) is 14.2 Å². The van der Waals surface area contributed by atoms with Crippen molar-refractivity contribution in [3.8, 4) is 0 Å². The minimum absolute atomic E-state index is 0.109. The van der Waals surface area contributed by atoms with Crippen LogP contribution in [0.15, 0.2) is 66.7 Å². The highest BCUT2D eigenvalue weighted by Gasteiger charge is 2.30. The number of ether oxygens (including phenoxy) is 3. The molecule has 7 heteroatoms. The lowest BCUT2D eigenvalue weighted by Crippen LogP contribution is -2.49. The molecule has 0 bridgehead atoms. The number of esters is 2. The third-order valence-electron chi connectivity index (χ3n) is 4.16. The molecule has 0 unspecified atom stereocenters. The van der Waals surface area contributed by atoms with Crippen molar-refractivity contribution >= 4 is 24.1 Å². The molecule has 0 N–H and O–H groups in total. The summed E-state index contributed by atoms with van der Waals surface area (Å²) in [6, 6.07) is 18.5. The van der Waals surface area contributed by atoms with Gasteiger partial charge in [0.15, 0.2) is 0 Å². The fraction of sp³-hybridized carbons (Fsp3) is 0.292. The molecule has 0 heterocycles. The molecule has 31 heavy (non-hydrogen) atoms. The van der Waals surface area contributed by atoms with Gasteiger partial charge in [0.1, 0.15) is 13.2 Å². The Morgan fingerprint density at radius 2 is 1.48 bits per heavy atom. The van der Waals surface area contributed by atoms with Crippen molar-refractivity contribution in [1.29, 1.82) is 0 Å². The average molecular weight is 425 g/mol. The summed E-state index contributed by atoms with van der Waals surface area (Å²) in [6.07, 6.45) is 2.05. The van der Waals surface area contributed by atoms with Gasteiger partial charge in [-0.25, -0.2) is 9.59 Å². The summed E-state index contributed by atoms with van der Waals surface area (Å²) < 4.78 is 15.2. The minimum atomic E-state index is -0.788. The number of hydrogen-bond acceptors (Lipinski definition) is 6. The molecule has 0 aliphatic rings. The first kappa shape index (κ1) is 23.7. The minimum Gasteiger partial charge on any atom is -0.459 e. The van der Waals surface area contributed by atoms with E-state index in [-0.39, 0.29) is 13.2 Å². The van der Waals surface area contributed by atoms with E-state index in [2.05, 4.69) is 0 Å². The van der Waals surface area contributed by atoms with E-state index in [1.54, 1.807) is 26.8 Å². The van der Waals surface area contributed by atoms with E-state index >= 15 is 0 Å². The Bertz CT molecular complexity index is 887. The largest absolute Gasteiger partial charge is 0.459 e. The molecule has 0 fully saturated rings. The number of carbonyl (C=O) groups is 3. The van der Waals surface area contributed by atoms with Crippen LogP contribution in [0, 0.1) is 0 Å². The third-order valence-corrected chi connectivity index (χ3v) is 4.16. The van der Waals surface area contributed by atoms with Crippen LogP contribution in [-0.4, -0.2) is 41.8 Å². The van der Waals surface area contributed by atoms with Crippen molar-refractivity contribution in [2.45, 2.75) is 32.9 Å². The van der Waals surface area contributed by atoms with Crippen LogP contribution in [0.4, 0.5) is 4.79 Å². The van der Waals surface area contributed by atoms with Crippen LogP contribution in [0.3, 0.4) is 0 Å². The average Bonchev–Trinajstić information content (AvgIpc) is 2.75. The third kappa shape index (κ3) is 8.74. The first-order chi connectivity index (χ1) is 14.8. The first-order valence-corrected chi connectivity index (χ1v) is 9.79. The number of rotatable bonds is 8. The molecule has 0 aliphatic carbocycles. The van der Waals surface area contributed by atoms with Gasteiger partial charge in [-0.05, 0) is 38.0 Å². The van der Waals surface area contributed by atoms with Gasteiger partial charge in [0, 0.05) is 11.6 Å². The SMILES string of the molecule is CC(C)(C)N(CC(=O)OCc1ccccc1)C(=O)OCOC(=O)/C=C/c1ccccc1. The second kappa shape index (κ2) is 11.5. The van der Waals surface area contributed by atoms with Gasteiger partial charge in [0.2, 0.25) is 6.79 Å². The van der Waals surface area contributed by atoms with Crippen LogP contribution in [0.1, 0.15) is 31.9 Å². The van der Waals surface area contributed by atoms with Crippen LogP contribution >= 0.6 is 0 Å². The molecular formula is C24H27NO6. The standard InChI is InChI=1S/C24H27NO6/c1-24(2,3)25(16-22(27)29-17-20-12-8-5-9-13-20)23(28)31-18-30-21(26)15-14-19-10-6-4-7-11-19/h4-15H,16-18H2,1-3H3/b15-14+. The molecule has 0 saturated heterocycles. The quantitative estimate of drug-likeness (QED) is 0.358. The highest BCUT2D eigenvalue weighted by atomic mass is 16.7. The summed E-state index contributed by atoms with van der Waals surface area (Å²) in [5, 5.41) is 0. The molecule has 0 aliphatic heterocycles.